The third kappa shape index (κ3) is 2.00. The molecule has 0 saturated heterocycles. The summed E-state index contributed by atoms with van der Waals surface area (Å²) >= 11 is 0. The fraction of sp³-hybridized carbons (Fsp3) is 0.188. The largest absolute Gasteiger partial charge is 0.472 e. The van der Waals surface area contributed by atoms with Gasteiger partial charge >= 0.3 is 12.1 Å². The second-order valence-corrected chi connectivity index (χ2v) is 5.13. The van der Waals surface area contributed by atoms with Gasteiger partial charge in [0.25, 0.3) is 0 Å². The van der Waals surface area contributed by atoms with Crippen LogP contribution < -0.4 is 0 Å². The van der Waals surface area contributed by atoms with Gasteiger partial charge in [0.2, 0.25) is 0 Å². The number of para-hydroxylation sites is 1. The molecule has 3 aromatic rings. The van der Waals surface area contributed by atoms with Crippen LogP contribution in [0.25, 0.3) is 21.8 Å². The predicted octanol–water partition coefficient (Wildman–Crippen LogP) is 4.61. The van der Waals surface area contributed by atoms with Crippen LogP contribution in [0, 0.1) is 13.8 Å². The number of carbonyl (C=O) groups is 1. The highest BCUT2D eigenvalue weighted by Crippen LogP contribution is 2.34. The van der Waals surface area contributed by atoms with E-state index in [0.717, 1.165) is 10.1 Å². The molecule has 1 heterocycles. The van der Waals surface area contributed by atoms with Crippen molar-refractivity contribution in [3.63, 3.8) is 0 Å². The number of carbonyl (C=O) groups excluding carboxylic acids is 1. The first-order valence-corrected chi connectivity index (χ1v) is 6.42. The molecule has 0 N–H and O–H groups in total. The molecule has 1 aromatic heterocycles. The molecule has 0 fully saturated rings. The van der Waals surface area contributed by atoms with E-state index in [-0.39, 0.29) is 5.52 Å². The monoisotopic (exact) mass is 291 g/mol. The number of hydrogen-bond acceptors (Lipinski definition) is 1. The van der Waals surface area contributed by atoms with E-state index in [9.17, 15) is 18.0 Å². The van der Waals surface area contributed by atoms with Gasteiger partial charge in [-0.1, -0.05) is 29.8 Å². The number of aromatic nitrogens is 1. The minimum Gasteiger partial charge on any atom is -0.272 e. The molecule has 21 heavy (non-hydrogen) atoms. The second-order valence-electron chi connectivity index (χ2n) is 5.13. The first-order valence-electron chi connectivity index (χ1n) is 6.42. The minimum absolute atomic E-state index is 0.281. The molecule has 0 aliphatic heterocycles. The smallest absolute Gasteiger partial charge is 0.272 e. The molecule has 0 spiro atoms. The Bertz CT molecular complexity index is 874. The van der Waals surface area contributed by atoms with Crippen molar-refractivity contribution in [2.45, 2.75) is 20.0 Å². The van der Waals surface area contributed by atoms with Crippen LogP contribution in [0.3, 0.4) is 0 Å². The average Bonchev–Trinajstić information content (AvgIpc) is 2.72. The molecule has 0 saturated carbocycles. The lowest BCUT2D eigenvalue weighted by molar-refractivity contribution is -0.0939. The summed E-state index contributed by atoms with van der Waals surface area (Å²) < 4.78 is 39.5. The highest BCUT2D eigenvalue weighted by atomic mass is 19.4. The summed E-state index contributed by atoms with van der Waals surface area (Å²) in [7, 11) is 0. The zero-order valence-electron chi connectivity index (χ0n) is 11.5. The van der Waals surface area contributed by atoms with Crippen LogP contribution in [-0.4, -0.2) is 16.7 Å². The van der Waals surface area contributed by atoms with Crippen molar-refractivity contribution in [2.24, 2.45) is 0 Å². The predicted molar refractivity (Wildman–Crippen MR) is 75.6 cm³/mol. The van der Waals surface area contributed by atoms with E-state index >= 15 is 0 Å². The van der Waals surface area contributed by atoms with Crippen molar-refractivity contribution in [3.05, 3.63) is 47.5 Å². The van der Waals surface area contributed by atoms with Gasteiger partial charge < -0.3 is 0 Å². The van der Waals surface area contributed by atoms with Crippen molar-refractivity contribution in [1.82, 2.24) is 4.57 Å². The quantitative estimate of drug-likeness (QED) is 0.592. The van der Waals surface area contributed by atoms with Gasteiger partial charge in [0.05, 0.1) is 11.0 Å². The van der Waals surface area contributed by atoms with Crippen LogP contribution in [0.2, 0.25) is 0 Å². The maximum absolute atomic E-state index is 12.9. The molecular formula is C16H12F3NO. The highest BCUT2D eigenvalue weighted by Gasteiger charge is 2.41. The number of benzene rings is 2. The highest BCUT2D eigenvalue weighted by molar-refractivity contribution is 6.15. The van der Waals surface area contributed by atoms with Crippen molar-refractivity contribution in [2.75, 3.05) is 0 Å². The summed E-state index contributed by atoms with van der Waals surface area (Å²) in [5.74, 6) is -1.86. The summed E-state index contributed by atoms with van der Waals surface area (Å²) in [5, 5.41) is 1.32. The van der Waals surface area contributed by atoms with Crippen LogP contribution in [0.15, 0.2) is 36.4 Å². The van der Waals surface area contributed by atoms with Gasteiger partial charge in [-0.25, -0.2) is 0 Å². The molecule has 2 aromatic carbocycles. The van der Waals surface area contributed by atoms with Crippen molar-refractivity contribution >= 4 is 27.7 Å². The van der Waals surface area contributed by atoms with Crippen LogP contribution in [0.4, 0.5) is 13.2 Å². The molecule has 0 radical (unpaired) electrons. The standard InChI is InChI=1S/C16H12F3NO/c1-9-7-10(2)14-12(8-9)11-5-3-4-6-13(11)20(14)15(21)16(17,18)19/h3-8H,1-2H3. The van der Waals surface area contributed by atoms with E-state index in [1.807, 2.05) is 13.0 Å². The first kappa shape index (κ1) is 13.7. The molecule has 0 aliphatic rings. The molecular weight excluding hydrogens is 279 g/mol. The van der Waals surface area contributed by atoms with Gasteiger partial charge in [-0.2, -0.15) is 13.2 Å². The van der Waals surface area contributed by atoms with Crippen LogP contribution in [-0.2, 0) is 0 Å². The SMILES string of the molecule is Cc1cc(C)c2c(c1)c1ccccc1n2C(=O)C(F)(F)F. The van der Waals surface area contributed by atoms with E-state index in [2.05, 4.69) is 0 Å². The van der Waals surface area contributed by atoms with Gasteiger partial charge in [-0.15, -0.1) is 0 Å². The second kappa shape index (κ2) is 4.35. The first-order chi connectivity index (χ1) is 9.80. The van der Waals surface area contributed by atoms with Gasteiger partial charge in [-0.3, -0.25) is 9.36 Å². The van der Waals surface area contributed by atoms with Crippen LogP contribution in [0.5, 0.6) is 0 Å². The number of aryl methyl sites for hydroxylation is 2. The lowest BCUT2D eigenvalue weighted by Gasteiger charge is -2.10. The maximum atomic E-state index is 12.9. The minimum atomic E-state index is -4.91. The molecule has 2 nitrogen and oxygen atoms in total. The summed E-state index contributed by atoms with van der Waals surface area (Å²) in [6, 6.07) is 10.2. The fourth-order valence-electron chi connectivity index (χ4n) is 2.82. The van der Waals surface area contributed by atoms with Crippen molar-refractivity contribution in [3.8, 4) is 0 Å². The van der Waals surface area contributed by atoms with Crippen LogP contribution >= 0.6 is 0 Å². The Balaban J connectivity index is 2.54. The maximum Gasteiger partial charge on any atom is 0.472 e. The summed E-state index contributed by atoms with van der Waals surface area (Å²) in [6.07, 6.45) is -4.91. The Labute approximate surface area is 118 Å². The summed E-state index contributed by atoms with van der Waals surface area (Å²) in [5.41, 5.74) is 2.20. The van der Waals surface area contributed by atoms with Crippen molar-refractivity contribution < 1.29 is 18.0 Å². The molecule has 0 amide bonds. The number of rotatable bonds is 0. The molecule has 0 atom stereocenters. The third-order valence-corrected chi connectivity index (χ3v) is 3.55. The van der Waals surface area contributed by atoms with E-state index in [0.29, 0.717) is 21.9 Å². The van der Waals surface area contributed by atoms with E-state index in [4.69, 9.17) is 0 Å². The Morgan fingerprint density at radius 2 is 1.71 bits per heavy atom. The summed E-state index contributed by atoms with van der Waals surface area (Å²) in [4.78, 5) is 11.8. The van der Waals surface area contributed by atoms with Gasteiger partial charge in [0, 0.05) is 10.8 Å². The molecule has 3 rings (SSSR count). The Hall–Kier alpha value is -2.30. The Morgan fingerprint density at radius 1 is 1.05 bits per heavy atom. The average molecular weight is 291 g/mol. The van der Waals surface area contributed by atoms with E-state index < -0.39 is 12.1 Å². The van der Waals surface area contributed by atoms with Crippen LogP contribution in [0.1, 0.15) is 15.9 Å². The van der Waals surface area contributed by atoms with E-state index in [1.165, 1.54) is 6.07 Å². The van der Waals surface area contributed by atoms with Gasteiger partial charge in [0.15, 0.2) is 0 Å². The normalized spacial score (nSPS) is 12.2. The number of nitrogens with zero attached hydrogens (tertiary/aromatic N) is 1. The van der Waals surface area contributed by atoms with Crippen molar-refractivity contribution in [1.29, 1.82) is 0 Å². The van der Waals surface area contributed by atoms with E-state index in [1.54, 1.807) is 31.2 Å². The molecule has 5 heteroatoms. The lowest BCUT2D eigenvalue weighted by Crippen LogP contribution is -2.29. The fourth-order valence-corrected chi connectivity index (χ4v) is 2.82. The topological polar surface area (TPSA) is 22.0 Å². The Kier molecular flexibility index (Phi) is 2.83. The molecule has 0 unspecified atom stereocenters. The van der Waals surface area contributed by atoms with Gasteiger partial charge in [-0.05, 0) is 31.5 Å². The third-order valence-electron chi connectivity index (χ3n) is 3.55. The zero-order valence-corrected chi connectivity index (χ0v) is 11.5. The zero-order chi connectivity index (χ0) is 15.4. The molecule has 0 bridgehead atoms. The number of hydrogen-bond donors (Lipinski definition) is 0. The molecule has 108 valence electrons. The lowest BCUT2D eigenvalue weighted by atomic mass is 10.1. The number of halogens is 3. The number of fused-ring (bicyclic) bond motifs is 3. The molecule has 0 aliphatic carbocycles. The summed E-state index contributed by atoms with van der Waals surface area (Å²) in [6.45, 7) is 3.60. The number of alkyl halides is 3. The Morgan fingerprint density at radius 3 is 2.38 bits per heavy atom. The van der Waals surface area contributed by atoms with Gasteiger partial charge in [0.1, 0.15) is 0 Å².